The molecule has 1 N–H and O–H groups in total. The van der Waals surface area contributed by atoms with Crippen LogP contribution in [0.1, 0.15) is 6.92 Å². The molecule has 0 radical (unpaired) electrons. The van der Waals surface area contributed by atoms with E-state index in [2.05, 4.69) is 13.2 Å². The van der Waals surface area contributed by atoms with Gasteiger partial charge in [-0.25, -0.2) is 4.79 Å². The zero-order valence-corrected chi connectivity index (χ0v) is 6.69. The summed E-state index contributed by atoms with van der Waals surface area (Å²) in [6.07, 6.45) is 1.64. The molecular formula is C7H11ClO2. The van der Waals surface area contributed by atoms with E-state index in [-0.39, 0.29) is 5.57 Å². The number of allylic oxidation sites excluding steroid dienone is 1. The largest absolute Gasteiger partial charge is 0.478 e. The summed E-state index contributed by atoms with van der Waals surface area (Å²) >= 11 is 5.07. The van der Waals surface area contributed by atoms with Gasteiger partial charge in [-0.3, -0.25) is 0 Å². The van der Waals surface area contributed by atoms with Gasteiger partial charge in [-0.05, 0) is 6.92 Å². The molecule has 0 aromatic heterocycles. The van der Waals surface area contributed by atoms with Crippen LogP contribution in [0.25, 0.3) is 0 Å². The van der Waals surface area contributed by atoms with Gasteiger partial charge >= 0.3 is 5.97 Å². The van der Waals surface area contributed by atoms with Crippen molar-refractivity contribution in [2.75, 3.05) is 5.88 Å². The first kappa shape index (κ1) is 12.0. The maximum absolute atomic E-state index is 9.60. The minimum Gasteiger partial charge on any atom is -0.478 e. The summed E-state index contributed by atoms with van der Waals surface area (Å²) in [5.74, 6) is -0.380. The summed E-state index contributed by atoms with van der Waals surface area (Å²) in [5, 5.41) is 7.89. The molecule has 0 saturated carbocycles. The van der Waals surface area contributed by atoms with E-state index in [1.165, 1.54) is 6.92 Å². The van der Waals surface area contributed by atoms with Gasteiger partial charge in [-0.15, -0.1) is 18.2 Å². The molecule has 0 spiro atoms. The Labute approximate surface area is 65.8 Å². The molecule has 0 saturated heterocycles. The maximum Gasteiger partial charge on any atom is 0.330 e. The second-order valence-electron chi connectivity index (χ2n) is 1.53. The van der Waals surface area contributed by atoms with Crippen molar-refractivity contribution in [3.63, 3.8) is 0 Å². The van der Waals surface area contributed by atoms with Gasteiger partial charge in [0.15, 0.2) is 0 Å². The van der Waals surface area contributed by atoms with Gasteiger partial charge in [0.25, 0.3) is 0 Å². The number of carbonyl (C=O) groups is 1. The van der Waals surface area contributed by atoms with Crippen molar-refractivity contribution in [2.45, 2.75) is 6.92 Å². The minimum atomic E-state index is -0.935. The standard InChI is InChI=1S/C4H6O2.C3H5Cl/c1-3(2)4(5)6;1-2-3-4/h1H2,2H3,(H,5,6);2H,1,3H2. The molecule has 0 bridgehead atoms. The number of rotatable bonds is 2. The fourth-order valence-electron chi connectivity index (χ4n) is 0. The summed E-state index contributed by atoms with van der Waals surface area (Å²) in [4.78, 5) is 9.60. The van der Waals surface area contributed by atoms with Gasteiger partial charge in [0, 0.05) is 11.5 Å². The van der Waals surface area contributed by atoms with E-state index in [4.69, 9.17) is 16.7 Å². The molecule has 0 aliphatic rings. The highest BCUT2D eigenvalue weighted by molar-refractivity contribution is 6.18. The first-order valence-corrected chi connectivity index (χ1v) is 3.15. The van der Waals surface area contributed by atoms with Gasteiger partial charge in [0.1, 0.15) is 0 Å². The van der Waals surface area contributed by atoms with Gasteiger partial charge in [-0.2, -0.15) is 0 Å². The molecule has 0 atom stereocenters. The van der Waals surface area contributed by atoms with E-state index in [0.29, 0.717) is 5.88 Å². The third kappa shape index (κ3) is 15.7. The highest BCUT2D eigenvalue weighted by Crippen LogP contribution is 1.81. The van der Waals surface area contributed by atoms with Crippen LogP contribution in [0.15, 0.2) is 24.8 Å². The highest BCUT2D eigenvalue weighted by Gasteiger charge is 1.90. The third-order valence-electron chi connectivity index (χ3n) is 0.474. The van der Waals surface area contributed by atoms with E-state index in [1.54, 1.807) is 6.08 Å². The molecule has 2 nitrogen and oxygen atoms in total. The van der Waals surface area contributed by atoms with Crippen LogP contribution in [-0.2, 0) is 4.79 Å². The lowest BCUT2D eigenvalue weighted by atomic mass is 10.4. The van der Waals surface area contributed by atoms with Crippen LogP contribution >= 0.6 is 11.6 Å². The summed E-state index contributed by atoms with van der Waals surface area (Å²) in [6, 6.07) is 0. The van der Waals surface area contributed by atoms with Crippen LogP contribution in [0, 0.1) is 0 Å². The highest BCUT2D eigenvalue weighted by atomic mass is 35.5. The summed E-state index contributed by atoms with van der Waals surface area (Å²) in [5.41, 5.74) is 0.176. The molecule has 0 aliphatic carbocycles. The number of alkyl halides is 1. The number of hydrogen-bond donors (Lipinski definition) is 1. The molecule has 0 heterocycles. The molecular weight excluding hydrogens is 152 g/mol. The quantitative estimate of drug-likeness (QED) is 0.384. The smallest absolute Gasteiger partial charge is 0.330 e. The number of hydrogen-bond acceptors (Lipinski definition) is 1. The predicted molar refractivity (Wildman–Crippen MR) is 43.4 cm³/mol. The first-order chi connectivity index (χ1) is 4.56. The minimum absolute atomic E-state index is 0.176. The Morgan fingerprint density at radius 1 is 1.80 bits per heavy atom. The van der Waals surface area contributed by atoms with Crippen LogP contribution in [0.3, 0.4) is 0 Å². The van der Waals surface area contributed by atoms with E-state index in [9.17, 15) is 4.79 Å². The Bertz CT molecular complexity index is 118. The normalized spacial score (nSPS) is 7.00. The van der Waals surface area contributed by atoms with Crippen LogP contribution in [0.5, 0.6) is 0 Å². The molecule has 3 heteroatoms. The molecule has 0 rings (SSSR count). The van der Waals surface area contributed by atoms with E-state index < -0.39 is 5.97 Å². The molecule has 0 amide bonds. The SMILES string of the molecule is C=C(C)C(=O)O.C=CCCl. The number of carboxylic acids is 1. The maximum atomic E-state index is 9.60. The zero-order valence-electron chi connectivity index (χ0n) is 5.93. The van der Waals surface area contributed by atoms with Crippen molar-refractivity contribution >= 4 is 17.6 Å². The Hall–Kier alpha value is -0.760. The number of carboxylic acid groups (broad SMARTS) is 1. The van der Waals surface area contributed by atoms with Crippen molar-refractivity contribution < 1.29 is 9.90 Å². The van der Waals surface area contributed by atoms with Gasteiger partial charge in [-0.1, -0.05) is 12.7 Å². The van der Waals surface area contributed by atoms with Gasteiger partial charge in [0.2, 0.25) is 0 Å². The van der Waals surface area contributed by atoms with Crippen molar-refractivity contribution in [3.8, 4) is 0 Å². The van der Waals surface area contributed by atoms with Crippen molar-refractivity contribution in [1.29, 1.82) is 0 Å². The summed E-state index contributed by atoms with van der Waals surface area (Å²) in [7, 11) is 0. The van der Waals surface area contributed by atoms with Gasteiger partial charge in [0.05, 0.1) is 0 Å². The Balaban J connectivity index is 0. The molecule has 0 aromatic carbocycles. The van der Waals surface area contributed by atoms with Crippen molar-refractivity contribution in [2.24, 2.45) is 0 Å². The lowest BCUT2D eigenvalue weighted by molar-refractivity contribution is -0.132. The van der Waals surface area contributed by atoms with Gasteiger partial charge < -0.3 is 5.11 Å². The van der Waals surface area contributed by atoms with E-state index in [0.717, 1.165) is 0 Å². The summed E-state index contributed by atoms with van der Waals surface area (Å²) in [6.45, 7) is 7.95. The summed E-state index contributed by atoms with van der Waals surface area (Å²) < 4.78 is 0. The molecule has 0 fully saturated rings. The van der Waals surface area contributed by atoms with Crippen LogP contribution < -0.4 is 0 Å². The molecule has 0 aliphatic heterocycles. The zero-order chi connectivity index (χ0) is 8.57. The van der Waals surface area contributed by atoms with Crippen LogP contribution in [0.4, 0.5) is 0 Å². The van der Waals surface area contributed by atoms with Crippen LogP contribution in [0.2, 0.25) is 0 Å². The monoisotopic (exact) mass is 162 g/mol. The van der Waals surface area contributed by atoms with Crippen molar-refractivity contribution in [3.05, 3.63) is 24.8 Å². The fraction of sp³-hybridized carbons (Fsp3) is 0.286. The topological polar surface area (TPSA) is 37.3 Å². The first-order valence-electron chi connectivity index (χ1n) is 2.62. The van der Waals surface area contributed by atoms with Crippen LogP contribution in [-0.4, -0.2) is 17.0 Å². The molecule has 0 aromatic rings. The Morgan fingerprint density at radius 2 is 2.00 bits per heavy atom. The third-order valence-corrected chi connectivity index (χ3v) is 0.692. The van der Waals surface area contributed by atoms with Crippen molar-refractivity contribution in [1.82, 2.24) is 0 Å². The average Bonchev–Trinajstić information content (AvgIpc) is 1.89. The Morgan fingerprint density at radius 3 is 2.00 bits per heavy atom. The number of halogens is 1. The number of aliphatic carboxylic acids is 1. The predicted octanol–water partition coefficient (Wildman–Crippen LogP) is 2.06. The van der Waals surface area contributed by atoms with E-state index >= 15 is 0 Å². The Kier molecular flexibility index (Phi) is 9.86. The lowest BCUT2D eigenvalue weighted by Crippen LogP contribution is -1.92. The average molecular weight is 163 g/mol. The second kappa shape index (κ2) is 8.24. The fourth-order valence-corrected chi connectivity index (χ4v) is 0. The lowest BCUT2D eigenvalue weighted by Gasteiger charge is -1.79. The molecule has 10 heavy (non-hydrogen) atoms. The second-order valence-corrected chi connectivity index (χ2v) is 1.84. The molecule has 58 valence electrons. The van der Waals surface area contributed by atoms with E-state index in [1.807, 2.05) is 0 Å². The molecule has 0 unspecified atom stereocenters.